The Bertz CT molecular complexity index is 357. The fourth-order valence-corrected chi connectivity index (χ4v) is 1.93. The molecule has 0 amide bonds. The quantitative estimate of drug-likeness (QED) is 0.318. The minimum atomic E-state index is 0.385. The van der Waals surface area contributed by atoms with E-state index < -0.39 is 0 Å². The van der Waals surface area contributed by atoms with Crippen LogP contribution in [0.4, 0.5) is 0 Å². The number of hydrogen-bond acceptors (Lipinski definition) is 2. The molecular weight excluding hydrogens is 174 g/mol. The van der Waals surface area contributed by atoms with Gasteiger partial charge in [-0.25, -0.2) is 5.84 Å². The molecule has 1 aliphatic carbocycles. The number of fused-ring (bicyclic) bond motifs is 1. The lowest BCUT2D eigenvalue weighted by atomic mass is 9.77. The van der Waals surface area contributed by atoms with E-state index >= 15 is 0 Å². The van der Waals surface area contributed by atoms with Crippen molar-refractivity contribution in [1.29, 1.82) is 0 Å². The largest absolute Gasteiger partial charge is 0.312 e. The van der Waals surface area contributed by atoms with E-state index in [-0.39, 0.29) is 0 Å². The summed E-state index contributed by atoms with van der Waals surface area (Å²) in [5.41, 5.74) is 5.47. The van der Waals surface area contributed by atoms with Gasteiger partial charge in [-0.05, 0) is 24.5 Å². The van der Waals surface area contributed by atoms with Crippen LogP contribution >= 0.6 is 0 Å². The van der Waals surface area contributed by atoms with Gasteiger partial charge in [0.15, 0.2) is 0 Å². The average Bonchev–Trinajstić information content (AvgIpc) is 2.18. The first-order chi connectivity index (χ1) is 6.86. The van der Waals surface area contributed by atoms with Crippen LogP contribution in [0.25, 0.3) is 0 Å². The minimum Gasteiger partial charge on any atom is -0.312 e. The van der Waals surface area contributed by atoms with E-state index in [0.717, 1.165) is 18.8 Å². The van der Waals surface area contributed by atoms with E-state index in [2.05, 4.69) is 34.7 Å². The first-order valence-corrected chi connectivity index (χ1v) is 4.95. The third-order valence-electron chi connectivity index (χ3n) is 2.66. The average molecular weight is 189 g/mol. The molecule has 0 saturated carbocycles. The highest BCUT2D eigenvalue weighted by Crippen LogP contribution is 2.35. The molecule has 2 rings (SSSR count). The maximum absolute atomic E-state index is 5.45. The van der Waals surface area contributed by atoms with Gasteiger partial charge in [0.2, 0.25) is 0 Å². The molecule has 0 aromatic heterocycles. The molecule has 1 unspecified atom stereocenters. The summed E-state index contributed by atoms with van der Waals surface area (Å²) in [5, 5.41) is 0. The van der Waals surface area contributed by atoms with E-state index in [9.17, 15) is 0 Å². The molecule has 1 atom stereocenters. The van der Waals surface area contributed by atoms with Crippen molar-refractivity contribution in [3.05, 3.63) is 35.4 Å². The van der Waals surface area contributed by atoms with Crippen molar-refractivity contribution in [3.8, 4) is 0 Å². The number of benzene rings is 1. The standard InChI is InChI=1S/C11H15N3/c1-2-13-11(14-12)10-7-8-5-3-4-6-9(8)10/h3-6,10H,2,7,12H2,1H3,(H,13,14). The zero-order valence-corrected chi connectivity index (χ0v) is 8.33. The van der Waals surface area contributed by atoms with Crippen LogP contribution in [0, 0.1) is 0 Å². The molecule has 0 spiro atoms. The Labute approximate surface area is 84.0 Å². The topological polar surface area (TPSA) is 50.4 Å². The Morgan fingerprint density at radius 3 is 3.00 bits per heavy atom. The molecule has 3 heteroatoms. The predicted molar refractivity (Wildman–Crippen MR) is 58.2 cm³/mol. The molecular formula is C11H15N3. The molecule has 74 valence electrons. The van der Waals surface area contributed by atoms with Gasteiger partial charge in [0.25, 0.3) is 0 Å². The van der Waals surface area contributed by atoms with Gasteiger partial charge in [-0.2, -0.15) is 0 Å². The molecule has 3 nitrogen and oxygen atoms in total. The van der Waals surface area contributed by atoms with Gasteiger partial charge in [0, 0.05) is 12.5 Å². The summed E-state index contributed by atoms with van der Waals surface area (Å²) in [6.45, 7) is 2.79. The number of hydrazine groups is 1. The van der Waals surface area contributed by atoms with Gasteiger partial charge >= 0.3 is 0 Å². The predicted octanol–water partition coefficient (Wildman–Crippen LogP) is 1.21. The highest BCUT2D eigenvalue weighted by molar-refractivity contribution is 5.91. The van der Waals surface area contributed by atoms with Crippen LogP contribution in [-0.2, 0) is 6.42 Å². The van der Waals surface area contributed by atoms with E-state index in [1.165, 1.54) is 11.1 Å². The summed E-state index contributed by atoms with van der Waals surface area (Å²) in [6, 6.07) is 8.44. The van der Waals surface area contributed by atoms with Crippen molar-refractivity contribution in [2.45, 2.75) is 19.3 Å². The van der Waals surface area contributed by atoms with Crippen LogP contribution in [0.15, 0.2) is 29.3 Å². The van der Waals surface area contributed by atoms with Crippen LogP contribution in [0.1, 0.15) is 24.0 Å². The third-order valence-corrected chi connectivity index (χ3v) is 2.66. The van der Waals surface area contributed by atoms with Gasteiger partial charge < -0.3 is 5.43 Å². The molecule has 1 aliphatic rings. The lowest BCUT2D eigenvalue weighted by Crippen LogP contribution is -2.39. The Hall–Kier alpha value is -1.35. The molecule has 14 heavy (non-hydrogen) atoms. The molecule has 0 saturated heterocycles. The van der Waals surface area contributed by atoms with E-state index in [0.29, 0.717) is 5.92 Å². The van der Waals surface area contributed by atoms with Crippen LogP contribution < -0.4 is 11.3 Å². The fraction of sp³-hybridized carbons (Fsp3) is 0.364. The second-order valence-electron chi connectivity index (χ2n) is 3.46. The van der Waals surface area contributed by atoms with Crippen molar-refractivity contribution in [2.24, 2.45) is 10.8 Å². The Balaban J connectivity index is 2.22. The van der Waals surface area contributed by atoms with Crippen molar-refractivity contribution >= 4 is 5.84 Å². The van der Waals surface area contributed by atoms with Gasteiger partial charge in [-0.15, -0.1) is 0 Å². The van der Waals surface area contributed by atoms with E-state index in [1.54, 1.807) is 0 Å². The van der Waals surface area contributed by atoms with Gasteiger partial charge in [-0.1, -0.05) is 24.3 Å². The Morgan fingerprint density at radius 1 is 1.57 bits per heavy atom. The SMILES string of the molecule is CCN=C(NN)C1Cc2ccccc21. The van der Waals surface area contributed by atoms with Crippen LogP contribution in [0.3, 0.4) is 0 Å². The third kappa shape index (κ3) is 1.40. The summed E-state index contributed by atoms with van der Waals surface area (Å²) in [4.78, 5) is 4.34. The lowest BCUT2D eigenvalue weighted by Gasteiger charge is -2.30. The normalized spacial score (nSPS) is 19.9. The van der Waals surface area contributed by atoms with Crippen molar-refractivity contribution in [1.82, 2.24) is 5.43 Å². The van der Waals surface area contributed by atoms with Crippen LogP contribution in [-0.4, -0.2) is 12.4 Å². The first kappa shape index (κ1) is 9.21. The summed E-state index contributed by atoms with van der Waals surface area (Å²) in [6.07, 6.45) is 1.05. The number of nitrogens with zero attached hydrogens (tertiary/aromatic N) is 1. The highest BCUT2D eigenvalue weighted by Gasteiger charge is 2.29. The number of nitrogens with one attached hydrogen (secondary N) is 1. The van der Waals surface area contributed by atoms with Crippen molar-refractivity contribution in [3.63, 3.8) is 0 Å². The monoisotopic (exact) mass is 189 g/mol. The Morgan fingerprint density at radius 2 is 2.36 bits per heavy atom. The maximum atomic E-state index is 5.45. The van der Waals surface area contributed by atoms with Crippen molar-refractivity contribution < 1.29 is 0 Å². The molecule has 3 N–H and O–H groups in total. The van der Waals surface area contributed by atoms with Gasteiger partial charge in [0.05, 0.1) is 0 Å². The minimum absolute atomic E-state index is 0.385. The fourth-order valence-electron chi connectivity index (χ4n) is 1.93. The zero-order chi connectivity index (χ0) is 9.97. The molecule has 0 radical (unpaired) electrons. The number of amidine groups is 1. The number of rotatable bonds is 2. The molecule has 0 heterocycles. The van der Waals surface area contributed by atoms with Crippen LogP contribution in [0.5, 0.6) is 0 Å². The van der Waals surface area contributed by atoms with Crippen LogP contribution in [0.2, 0.25) is 0 Å². The number of aliphatic imine (C=N–C) groups is 1. The van der Waals surface area contributed by atoms with Gasteiger partial charge in [-0.3, -0.25) is 4.99 Å². The smallest absolute Gasteiger partial charge is 0.118 e. The molecule has 0 aliphatic heterocycles. The molecule has 0 bridgehead atoms. The Kier molecular flexibility index (Phi) is 2.50. The summed E-state index contributed by atoms with van der Waals surface area (Å²) in [5.74, 6) is 6.74. The summed E-state index contributed by atoms with van der Waals surface area (Å²) >= 11 is 0. The molecule has 0 fully saturated rings. The zero-order valence-electron chi connectivity index (χ0n) is 8.33. The molecule has 1 aromatic rings. The highest BCUT2D eigenvalue weighted by atomic mass is 15.3. The second-order valence-corrected chi connectivity index (χ2v) is 3.46. The van der Waals surface area contributed by atoms with Crippen molar-refractivity contribution in [2.75, 3.05) is 6.54 Å². The number of hydrogen-bond donors (Lipinski definition) is 2. The summed E-state index contributed by atoms with van der Waals surface area (Å²) < 4.78 is 0. The van der Waals surface area contributed by atoms with E-state index in [4.69, 9.17) is 5.84 Å². The van der Waals surface area contributed by atoms with Gasteiger partial charge in [0.1, 0.15) is 5.84 Å². The lowest BCUT2D eigenvalue weighted by molar-refractivity contribution is 0.729. The second kappa shape index (κ2) is 3.80. The number of nitrogens with two attached hydrogens (primary N) is 1. The molecule has 1 aromatic carbocycles. The first-order valence-electron chi connectivity index (χ1n) is 4.95. The van der Waals surface area contributed by atoms with E-state index in [1.807, 2.05) is 6.92 Å². The maximum Gasteiger partial charge on any atom is 0.118 e. The summed E-state index contributed by atoms with van der Waals surface area (Å²) in [7, 11) is 0.